The molecule has 14 heavy (non-hydrogen) atoms. The predicted octanol–water partition coefficient (Wildman–Crippen LogP) is 0.480. The molecule has 0 radical (unpaired) electrons. The molecule has 4 heteroatoms. The van der Waals surface area contributed by atoms with E-state index in [1.165, 1.54) is 7.11 Å². The van der Waals surface area contributed by atoms with Crippen LogP contribution in [0.2, 0.25) is 0 Å². The number of carbonyl (C=O) groups is 2. The zero-order chi connectivity index (χ0) is 10.3. The van der Waals surface area contributed by atoms with Crippen LogP contribution < -0.4 is 0 Å². The molecule has 0 unspecified atom stereocenters. The molecule has 1 atom stereocenters. The Balaban J connectivity index is 2.36. The Labute approximate surface area is 82.5 Å². The summed E-state index contributed by atoms with van der Waals surface area (Å²) in [6.07, 6.45) is 1.57. The Morgan fingerprint density at radius 3 is 3.00 bits per heavy atom. The molecule has 2 saturated heterocycles. The Kier molecular flexibility index (Phi) is 1.87. The van der Waals surface area contributed by atoms with E-state index in [1.54, 1.807) is 4.90 Å². The van der Waals surface area contributed by atoms with E-state index in [-0.39, 0.29) is 11.9 Å². The van der Waals surface area contributed by atoms with Gasteiger partial charge in [-0.2, -0.15) is 0 Å². The second-order valence-corrected chi connectivity index (χ2v) is 3.93. The fourth-order valence-electron chi connectivity index (χ4n) is 2.41. The van der Waals surface area contributed by atoms with Gasteiger partial charge in [0.1, 0.15) is 5.54 Å². The van der Waals surface area contributed by atoms with Crippen molar-refractivity contribution in [3.8, 4) is 0 Å². The molecule has 2 fully saturated rings. The summed E-state index contributed by atoms with van der Waals surface area (Å²) < 4.78 is 4.76. The number of esters is 1. The van der Waals surface area contributed by atoms with Gasteiger partial charge in [0.05, 0.1) is 7.11 Å². The zero-order valence-corrected chi connectivity index (χ0v) is 8.21. The third-order valence-corrected chi connectivity index (χ3v) is 3.06. The van der Waals surface area contributed by atoms with E-state index in [0.29, 0.717) is 25.8 Å². The monoisotopic (exact) mass is 195 g/mol. The van der Waals surface area contributed by atoms with Gasteiger partial charge < -0.3 is 9.64 Å². The minimum absolute atomic E-state index is 0.0362. The summed E-state index contributed by atoms with van der Waals surface area (Å²) in [6, 6.07) is 0. The fraction of sp³-hybridized carbons (Fsp3) is 0.600. The summed E-state index contributed by atoms with van der Waals surface area (Å²) in [5.41, 5.74) is 0.214. The van der Waals surface area contributed by atoms with Crippen molar-refractivity contribution in [2.45, 2.75) is 24.8 Å². The van der Waals surface area contributed by atoms with Gasteiger partial charge in [0.2, 0.25) is 5.91 Å². The molecule has 0 saturated carbocycles. The van der Waals surface area contributed by atoms with Crippen LogP contribution in [-0.2, 0) is 14.3 Å². The maximum Gasteiger partial charge on any atom is 0.332 e. The number of hydrogen-bond acceptors (Lipinski definition) is 3. The van der Waals surface area contributed by atoms with Crippen LogP contribution in [0, 0.1) is 0 Å². The minimum Gasteiger partial charge on any atom is -0.467 e. The maximum atomic E-state index is 11.7. The molecule has 2 aliphatic rings. The topological polar surface area (TPSA) is 46.6 Å². The Morgan fingerprint density at radius 2 is 2.36 bits per heavy atom. The molecule has 76 valence electrons. The summed E-state index contributed by atoms with van der Waals surface area (Å²) >= 11 is 0. The lowest BCUT2D eigenvalue weighted by molar-refractivity contribution is -0.155. The fourth-order valence-corrected chi connectivity index (χ4v) is 2.41. The lowest BCUT2D eigenvalue weighted by atomic mass is 9.93. The number of methoxy groups -OCH3 is 1. The van der Waals surface area contributed by atoms with Crippen LogP contribution >= 0.6 is 0 Å². The average Bonchev–Trinajstić information content (AvgIpc) is 2.64. The number of ether oxygens (including phenoxy) is 1. The van der Waals surface area contributed by atoms with E-state index >= 15 is 0 Å². The highest BCUT2D eigenvalue weighted by molar-refractivity contribution is 5.93. The molecular weight excluding hydrogens is 182 g/mol. The van der Waals surface area contributed by atoms with Crippen molar-refractivity contribution in [2.24, 2.45) is 0 Å². The van der Waals surface area contributed by atoms with Gasteiger partial charge in [-0.25, -0.2) is 4.79 Å². The molecule has 0 aromatic rings. The molecular formula is C10H13NO3. The van der Waals surface area contributed by atoms with E-state index in [1.807, 2.05) is 0 Å². The predicted molar refractivity (Wildman–Crippen MR) is 49.5 cm³/mol. The molecule has 0 aliphatic carbocycles. The summed E-state index contributed by atoms with van der Waals surface area (Å²) in [5.74, 6) is -0.268. The number of amides is 1. The van der Waals surface area contributed by atoms with Crippen molar-refractivity contribution in [1.29, 1.82) is 0 Å². The molecule has 2 heterocycles. The van der Waals surface area contributed by atoms with Crippen molar-refractivity contribution in [3.63, 3.8) is 0 Å². The first-order chi connectivity index (χ1) is 6.60. The highest BCUT2D eigenvalue weighted by Gasteiger charge is 2.55. The zero-order valence-electron chi connectivity index (χ0n) is 8.21. The third-order valence-electron chi connectivity index (χ3n) is 3.06. The summed E-state index contributed by atoms with van der Waals surface area (Å²) in [6.45, 7) is 4.34. The quantitative estimate of drug-likeness (QED) is 0.451. The number of hydrogen-bond donors (Lipinski definition) is 0. The molecule has 0 spiro atoms. The first-order valence-electron chi connectivity index (χ1n) is 4.66. The summed E-state index contributed by atoms with van der Waals surface area (Å²) in [5, 5.41) is 0. The number of carbonyl (C=O) groups excluding carboxylic acids is 2. The van der Waals surface area contributed by atoms with Gasteiger partial charge in [-0.1, -0.05) is 12.2 Å². The molecule has 2 rings (SSSR count). The van der Waals surface area contributed by atoms with Crippen molar-refractivity contribution in [3.05, 3.63) is 12.2 Å². The van der Waals surface area contributed by atoms with Gasteiger partial charge in [-0.15, -0.1) is 0 Å². The van der Waals surface area contributed by atoms with Crippen LogP contribution in [-0.4, -0.2) is 36.0 Å². The van der Waals surface area contributed by atoms with Gasteiger partial charge in [0, 0.05) is 19.4 Å². The highest BCUT2D eigenvalue weighted by atomic mass is 16.5. The van der Waals surface area contributed by atoms with Crippen LogP contribution in [0.15, 0.2) is 12.2 Å². The van der Waals surface area contributed by atoms with Crippen molar-refractivity contribution in [2.75, 3.05) is 13.7 Å². The first-order valence-corrected chi connectivity index (χ1v) is 4.66. The van der Waals surface area contributed by atoms with E-state index < -0.39 is 5.54 Å². The molecule has 2 aliphatic heterocycles. The van der Waals surface area contributed by atoms with Crippen LogP contribution in [0.4, 0.5) is 0 Å². The van der Waals surface area contributed by atoms with Crippen molar-refractivity contribution >= 4 is 11.9 Å². The minimum atomic E-state index is -0.719. The Bertz CT molecular complexity index is 323. The Morgan fingerprint density at radius 1 is 1.64 bits per heavy atom. The van der Waals surface area contributed by atoms with E-state index in [2.05, 4.69) is 6.58 Å². The van der Waals surface area contributed by atoms with Gasteiger partial charge in [0.15, 0.2) is 0 Å². The third kappa shape index (κ3) is 0.997. The molecule has 0 bridgehead atoms. The molecule has 4 nitrogen and oxygen atoms in total. The number of nitrogens with zero attached hydrogens (tertiary/aromatic N) is 1. The van der Waals surface area contributed by atoms with Crippen LogP contribution in [0.1, 0.15) is 19.3 Å². The lowest BCUT2D eigenvalue weighted by Crippen LogP contribution is -2.47. The first kappa shape index (κ1) is 9.24. The smallest absolute Gasteiger partial charge is 0.332 e. The van der Waals surface area contributed by atoms with Crippen molar-refractivity contribution in [1.82, 2.24) is 4.90 Å². The van der Waals surface area contributed by atoms with Crippen LogP contribution in [0.3, 0.4) is 0 Å². The van der Waals surface area contributed by atoms with Gasteiger partial charge >= 0.3 is 5.97 Å². The average molecular weight is 195 g/mol. The highest BCUT2D eigenvalue weighted by Crippen LogP contribution is 2.42. The van der Waals surface area contributed by atoms with Gasteiger partial charge in [-0.05, 0) is 6.42 Å². The second kappa shape index (κ2) is 2.83. The lowest BCUT2D eigenvalue weighted by Gasteiger charge is -2.27. The second-order valence-electron chi connectivity index (χ2n) is 3.93. The Hall–Kier alpha value is -1.32. The van der Waals surface area contributed by atoms with Crippen molar-refractivity contribution < 1.29 is 14.3 Å². The SMILES string of the molecule is C=C1CN2C(=O)CC[C@@]2(C(=O)OC)C1. The molecule has 0 aromatic heterocycles. The van der Waals surface area contributed by atoms with Gasteiger partial charge in [0.25, 0.3) is 0 Å². The summed E-state index contributed by atoms with van der Waals surface area (Å²) in [7, 11) is 1.36. The van der Waals surface area contributed by atoms with Gasteiger partial charge in [-0.3, -0.25) is 4.79 Å². The van der Waals surface area contributed by atoms with E-state index in [9.17, 15) is 9.59 Å². The number of fused-ring (bicyclic) bond motifs is 1. The van der Waals surface area contributed by atoms with E-state index in [0.717, 1.165) is 5.57 Å². The van der Waals surface area contributed by atoms with Crippen LogP contribution in [0.5, 0.6) is 0 Å². The normalized spacial score (nSPS) is 30.8. The number of rotatable bonds is 1. The molecule has 0 N–H and O–H groups in total. The molecule has 0 aromatic carbocycles. The molecule has 1 amide bonds. The maximum absolute atomic E-state index is 11.7. The standard InChI is InChI=1S/C10H13NO3/c1-7-5-10(9(13)14-2)4-3-8(12)11(10)6-7/h1,3-6H2,2H3/t10-/m0/s1. The van der Waals surface area contributed by atoms with Crippen LogP contribution in [0.25, 0.3) is 0 Å². The largest absolute Gasteiger partial charge is 0.467 e. The summed E-state index contributed by atoms with van der Waals surface area (Å²) in [4.78, 5) is 24.8. The van der Waals surface area contributed by atoms with E-state index in [4.69, 9.17) is 4.74 Å².